The monoisotopic (exact) mass is 297 g/mol. The molecule has 0 aliphatic carbocycles. The standard InChI is InChI=1S/C12H9BrFNO2/c1-7-2-5-11(17-7)12(16)15-10-4-3-8(14)6-9(10)13/h2-6H,1H3,(H,15,16). The van der Waals surface area contributed by atoms with E-state index in [0.29, 0.717) is 15.9 Å². The van der Waals surface area contributed by atoms with Crippen molar-refractivity contribution < 1.29 is 13.6 Å². The lowest BCUT2D eigenvalue weighted by molar-refractivity contribution is 0.0995. The average Bonchev–Trinajstić information content (AvgIpc) is 2.69. The summed E-state index contributed by atoms with van der Waals surface area (Å²) in [6, 6.07) is 7.32. The molecule has 1 N–H and O–H groups in total. The van der Waals surface area contributed by atoms with Crippen LogP contribution in [-0.4, -0.2) is 5.91 Å². The van der Waals surface area contributed by atoms with Crippen LogP contribution in [0.1, 0.15) is 16.3 Å². The SMILES string of the molecule is Cc1ccc(C(=O)Nc2ccc(F)cc2Br)o1. The van der Waals surface area contributed by atoms with Gasteiger partial charge in [0.25, 0.3) is 5.91 Å². The van der Waals surface area contributed by atoms with Crippen LogP contribution in [0.4, 0.5) is 10.1 Å². The summed E-state index contributed by atoms with van der Waals surface area (Å²) in [5, 5.41) is 2.62. The van der Waals surface area contributed by atoms with Crippen LogP contribution in [0.15, 0.2) is 39.2 Å². The summed E-state index contributed by atoms with van der Waals surface area (Å²) in [7, 11) is 0. The molecule has 5 heteroatoms. The fraction of sp³-hybridized carbons (Fsp3) is 0.0833. The van der Waals surface area contributed by atoms with Gasteiger partial charge in [0.1, 0.15) is 11.6 Å². The second kappa shape index (κ2) is 4.71. The molecule has 0 spiro atoms. The molecule has 0 unspecified atom stereocenters. The number of benzene rings is 1. The van der Waals surface area contributed by atoms with E-state index in [-0.39, 0.29) is 17.5 Å². The molecular weight excluding hydrogens is 289 g/mol. The summed E-state index contributed by atoms with van der Waals surface area (Å²) in [5.74, 6) is 0.140. The second-order valence-electron chi connectivity index (χ2n) is 3.49. The predicted molar refractivity (Wildman–Crippen MR) is 65.5 cm³/mol. The van der Waals surface area contributed by atoms with Gasteiger partial charge in [-0.2, -0.15) is 0 Å². The van der Waals surface area contributed by atoms with Gasteiger partial charge in [-0.3, -0.25) is 4.79 Å². The summed E-state index contributed by atoms with van der Waals surface area (Å²) >= 11 is 3.17. The summed E-state index contributed by atoms with van der Waals surface area (Å²) in [4.78, 5) is 11.7. The highest BCUT2D eigenvalue weighted by molar-refractivity contribution is 9.10. The third-order valence-electron chi connectivity index (χ3n) is 2.14. The molecule has 0 radical (unpaired) electrons. The Morgan fingerprint density at radius 1 is 1.35 bits per heavy atom. The molecule has 0 saturated carbocycles. The van der Waals surface area contributed by atoms with E-state index in [0.717, 1.165) is 0 Å². The number of hydrogen-bond acceptors (Lipinski definition) is 2. The van der Waals surface area contributed by atoms with E-state index < -0.39 is 0 Å². The maximum absolute atomic E-state index is 12.8. The van der Waals surface area contributed by atoms with Crippen molar-refractivity contribution in [2.24, 2.45) is 0 Å². The molecule has 17 heavy (non-hydrogen) atoms. The topological polar surface area (TPSA) is 42.2 Å². The molecule has 0 aliphatic heterocycles. The Morgan fingerprint density at radius 3 is 2.71 bits per heavy atom. The molecule has 1 aromatic heterocycles. The van der Waals surface area contributed by atoms with Gasteiger partial charge in [0.15, 0.2) is 5.76 Å². The maximum atomic E-state index is 12.8. The highest BCUT2D eigenvalue weighted by Gasteiger charge is 2.11. The number of nitrogens with one attached hydrogen (secondary N) is 1. The van der Waals surface area contributed by atoms with E-state index in [9.17, 15) is 9.18 Å². The average molecular weight is 298 g/mol. The molecule has 1 aromatic carbocycles. The number of halogens is 2. The van der Waals surface area contributed by atoms with Crippen molar-refractivity contribution in [3.63, 3.8) is 0 Å². The van der Waals surface area contributed by atoms with Crippen molar-refractivity contribution >= 4 is 27.5 Å². The molecule has 1 heterocycles. The molecular formula is C12H9BrFNO2. The van der Waals surface area contributed by atoms with Crippen molar-refractivity contribution in [2.45, 2.75) is 6.92 Å². The Bertz CT molecular complexity index is 565. The summed E-state index contributed by atoms with van der Waals surface area (Å²) in [6.07, 6.45) is 0. The van der Waals surface area contributed by atoms with Crippen LogP contribution in [-0.2, 0) is 0 Å². The quantitative estimate of drug-likeness (QED) is 0.917. The van der Waals surface area contributed by atoms with Gasteiger partial charge in [0.2, 0.25) is 0 Å². The molecule has 2 rings (SSSR count). The predicted octanol–water partition coefficient (Wildman–Crippen LogP) is 3.74. The Morgan fingerprint density at radius 2 is 2.12 bits per heavy atom. The number of rotatable bonds is 2. The van der Waals surface area contributed by atoms with Crippen molar-refractivity contribution in [2.75, 3.05) is 5.32 Å². The zero-order valence-electron chi connectivity index (χ0n) is 8.96. The van der Waals surface area contributed by atoms with Crippen LogP contribution >= 0.6 is 15.9 Å². The van der Waals surface area contributed by atoms with E-state index >= 15 is 0 Å². The first-order valence-corrected chi connectivity index (χ1v) is 5.68. The van der Waals surface area contributed by atoms with Crippen molar-refractivity contribution in [1.29, 1.82) is 0 Å². The van der Waals surface area contributed by atoms with Crippen LogP contribution in [0.2, 0.25) is 0 Å². The number of hydrogen-bond donors (Lipinski definition) is 1. The smallest absolute Gasteiger partial charge is 0.291 e. The number of carbonyl (C=O) groups excluding carboxylic acids is 1. The second-order valence-corrected chi connectivity index (χ2v) is 4.34. The largest absolute Gasteiger partial charge is 0.456 e. The van der Waals surface area contributed by atoms with Crippen molar-refractivity contribution in [1.82, 2.24) is 0 Å². The van der Waals surface area contributed by atoms with Crippen molar-refractivity contribution in [3.05, 3.63) is 52.1 Å². The lowest BCUT2D eigenvalue weighted by Gasteiger charge is -2.05. The van der Waals surface area contributed by atoms with E-state index in [1.165, 1.54) is 18.2 Å². The minimum absolute atomic E-state index is 0.221. The van der Waals surface area contributed by atoms with Gasteiger partial charge in [-0.15, -0.1) is 0 Å². The highest BCUT2D eigenvalue weighted by Crippen LogP contribution is 2.23. The molecule has 0 bridgehead atoms. The van der Waals surface area contributed by atoms with E-state index in [1.807, 2.05) is 0 Å². The molecule has 1 amide bonds. The normalized spacial score (nSPS) is 10.3. The van der Waals surface area contributed by atoms with Crippen LogP contribution in [0.5, 0.6) is 0 Å². The number of aryl methyl sites for hydroxylation is 1. The molecule has 0 aliphatic rings. The van der Waals surface area contributed by atoms with Gasteiger partial charge in [0.05, 0.1) is 5.69 Å². The van der Waals surface area contributed by atoms with Crippen LogP contribution in [0, 0.1) is 12.7 Å². The third-order valence-corrected chi connectivity index (χ3v) is 2.80. The van der Waals surface area contributed by atoms with Crippen LogP contribution < -0.4 is 5.32 Å². The number of amides is 1. The number of furan rings is 1. The molecule has 0 saturated heterocycles. The molecule has 88 valence electrons. The van der Waals surface area contributed by atoms with E-state index in [2.05, 4.69) is 21.2 Å². The first-order chi connectivity index (χ1) is 8.06. The lowest BCUT2D eigenvalue weighted by atomic mass is 10.3. The molecule has 3 nitrogen and oxygen atoms in total. The zero-order chi connectivity index (χ0) is 12.4. The van der Waals surface area contributed by atoms with E-state index in [4.69, 9.17) is 4.42 Å². The Kier molecular flexibility index (Phi) is 3.28. The molecule has 0 fully saturated rings. The fourth-order valence-corrected chi connectivity index (χ4v) is 1.78. The van der Waals surface area contributed by atoms with Gasteiger partial charge in [0, 0.05) is 4.47 Å². The third kappa shape index (κ3) is 2.74. The lowest BCUT2D eigenvalue weighted by Crippen LogP contribution is -2.11. The fourth-order valence-electron chi connectivity index (χ4n) is 1.33. The first kappa shape index (κ1) is 11.9. The van der Waals surface area contributed by atoms with Gasteiger partial charge >= 0.3 is 0 Å². The van der Waals surface area contributed by atoms with Crippen LogP contribution in [0.25, 0.3) is 0 Å². The summed E-state index contributed by atoms with van der Waals surface area (Å²) < 4.78 is 18.5. The van der Waals surface area contributed by atoms with Gasteiger partial charge in [-0.1, -0.05) is 0 Å². The van der Waals surface area contributed by atoms with Gasteiger partial charge < -0.3 is 9.73 Å². The number of anilines is 1. The molecule has 2 aromatic rings. The zero-order valence-corrected chi connectivity index (χ0v) is 10.5. The van der Waals surface area contributed by atoms with E-state index in [1.54, 1.807) is 19.1 Å². The van der Waals surface area contributed by atoms with Gasteiger partial charge in [-0.25, -0.2) is 4.39 Å². The minimum atomic E-state index is -0.372. The maximum Gasteiger partial charge on any atom is 0.291 e. The Balaban J connectivity index is 2.18. The van der Waals surface area contributed by atoms with Crippen molar-refractivity contribution in [3.8, 4) is 0 Å². The van der Waals surface area contributed by atoms with Crippen LogP contribution in [0.3, 0.4) is 0 Å². The number of carbonyl (C=O) groups is 1. The Labute approximate surface area is 106 Å². The minimum Gasteiger partial charge on any atom is -0.456 e. The highest BCUT2D eigenvalue weighted by atomic mass is 79.9. The Hall–Kier alpha value is -1.62. The molecule has 0 atom stereocenters. The summed E-state index contributed by atoms with van der Waals surface area (Å²) in [6.45, 7) is 1.75. The summed E-state index contributed by atoms with van der Waals surface area (Å²) in [5.41, 5.74) is 0.491. The first-order valence-electron chi connectivity index (χ1n) is 4.89. The van der Waals surface area contributed by atoms with Gasteiger partial charge in [-0.05, 0) is 53.2 Å².